The first kappa shape index (κ1) is 12.9. The Morgan fingerprint density at radius 3 is 2.50 bits per heavy atom. The van der Waals surface area contributed by atoms with Crippen molar-refractivity contribution in [2.45, 2.75) is 18.4 Å². The van der Waals surface area contributed by atoms with E-state index in [0.29, 0.717) is 12.5 Å². The number of nitrogens with zero attached hydrogens (tertiary/aromatic N) is 1. The van der Waals surface area contributed by atoms with Gasteiger partial charge in [0.25, 0.3) is 0 Å². The second kappa shape index (κ2) is 4.98. The van der Waals surface area contributed by atoms with Crippen molar-refractivity contribution in [1.29, 1.82) is 0 Å². The lowest BCUT2D eigenvalue weighted by molar-refractivity contribution is -0.0232. The summed E-state index contributed by atoms with van der Waals surface area (Å²) in [6.45, 7) is 0.428. The lowest BCUT2D eigenvalue weighted by Crippen LogP contribution is -2.53. The van der Waals surface area contributed by atoms with E-state index in [-0.39, 0.29) is 5.54 Å². The highest BCUT2D eigenvalue weighted by Crippen LogP contribution is 2.49. The van der Waals surface area contributed by atoms with E-state index in [0.717, 1.165) is 12.8 Å². The quantitative estimate of drug-likeness (QED) is 0.886. The number of carbonyl (C=O) groups excluding carboxylic acids is 1. The minimum absolute atomic E-state index is 0.0763. The van der Waals surface area contributed by atoms with Crippen LogP contribution in [0.3, 0.4) is 0 Å². The molecule has 1 aliphatic carbocycles. The third kappa shape index (κ3) is 2.34. The van der Waals surface area contributed by atoms with Crippen LogP contribution in [0.2, 0.25) is 0 Å². The first-order chi connectivity index (χ1) is 8.54. The Bertz CT molecular complexity index is 411. The van der Waals surface area contributed by atoms with Gasteiger partial charge in [-0.25, -0.2) is 4.79 Å². The van der Waals surface area contributed by atoms with Crippen molar-refractivity contribution in [2.75, 3.05) is 20.7 Å². The van der Waals surface area contributed by atoms with Crippen molar-refractivity contribution in [3.05, 3.63) is 35.9 Å². The monoisotopic (exact) mass is 248 g/mol. The Morgan fingerprint density at radius 1 is 1.39 bits per heavy atom. The summed E-state index contributed by atoms with van der Waals surface area (Å²) in [6.07, 6.45) is 1.31. The summed E-state index contributed by atoms with van der Waals surface area (Å²) >= 11 is 0. The second-order valence-corrected chi connectivity index (χ2v) is 5.20. The van der Waals surface area contributed by atoms with Gasteiger partial charge in [0, 0.05) is 5.54 Å². The van der Waals surface area contributed by atoms with E-state index in [1.807, 2.05) is 6.07 Å². The fourth-order valence-electron chi connectivity index (χ4n) is 2.82. The van der Waals surface area contributed by atoms with E-state index in [4.69, 9.17) is 10.5 Å². The number of benzene rings is 1. The lowest BCUT2D eigenvalue weighted by atomic mass is 9.64. The van der Waals surface area contributed by atoms with Crippen LogP contribution in [0.4, 0.5) is 4.79 Å². The van der Waals surface area contributed by atoms with Crippen LogP contribution in [0.25, 0.3) is 0 Å². The molecule has 0 spiro atoms. The molecular formula is C14H20N2O2. The molecule has 0 atom stereocenters. The zero-order chi connectivity index (χ0) is 13.2. The Morgan fingerprint density at radius 2 is 2.00 bits per heavy atom. The molecule has 1 saturated carbocycles. The van der Waals surface area contributed by atoms with E-state index < -0.39 is 6.09 Å². The number of primary amides is 1. The summed E-state index contributed by atoms with van der Waals surface area (Å²) in [7, 11) is 4.19. The molecule has 0 aliphatic heterocycles. The fraction of sp³-hybridized carbons (Fsp3) is 0.500. The molecule has 1 aromatic rings. The van der Waals surface area contributed by atoms with Crippen molar-refractivity contribution in [2.24, 2.45) is 11.7 Å². The molecule has 0 heterocycles. The number of nitrogens with two attached hydrogens (primary N) is 1. The number of rotatable bonds is 4. The lowest BCUT2D eigenvalue weighted by Gasteiger charge is -2.52. The molecule has 4 nitrogen and oxygen atoms in total. The Balaban J connectivity index is 2.03. The van der Waals surface area contributed by atoms with E-state index in [9.17, 15) is 4.79 Å². The molecule has 0 radical (unpaired) electrons. The molecule has 18 heavy (non-hydrogen) atoms. The topological polar surface area (TPSA) is 55.6 Å². The predicted molar refractivity (Wildman–Crippen MR) is 70.1 cm³/mol. The molecule has 1 aromatic carbocycles. The van der Waals surface area contributed by atoms with Gasteiger partial charge in [0.05, 0.1) is 6.61 Å². The van der Waals surface area contributed by atoms with Crippen molar-refractivity contribution >= 4 is 6.09 Å². The number of carbonyl (C=O) groups is 1. The van der Waals surface area contributed by atoms with Crippen LogP contribution in [0.5, 0.6) is 0 Å². The van der Waals surface area contributed by atoms with Gasteiger partial charge in [-0.15, -0.1) is 0 Å². The molecular weight excluding hydrogens is 228 g/mol. The Labute approximate surface area is 108 Å². The van der Waals surface area contributed by atoms with E-state index in [2.05, 4.69) is 43.3 Å². The number of amides is 1. The third-order valence-corrected chi connectivity index (χ3v) is 3.88. The summed E-state index contributed by atoms with van der Waals surface area (Å²) in [5.74, 6) is 0.403. The minimum Gasteiger partial charge on any atom is -0.449 e. The van der Waals surface area contributed by atoms with Gasteiger partial charge in [-0.3, -0.25) is 4.90 Å². The highest BCUT2D eigenvalue weighted by Gasteiger charge is 2.47. The molecule has 0 bridgehead atoms. The maximum absolute atomic E-state index is 10.6. The Hall–Kier alpha value is -1.55. The van der Waals surface area contributed by atoms with Crippen LogP contribution in [-0.2, 0) is 10.3 Å². The van der Waals surface area contributed by atoms with Crippen LogP contribution < -0.4 is 5.73 Å². The predicted octanol–water partition coefficient (Wildman–Crippen LogP) is 1.95. The fourth-order valence-corrected chi connectivity index (χ4v) is 2.82. The van der Waals surface area contributed by atoms with Gasteiger partial charge in [-0.2, -0.15) is 0 Å². The summed E-state index contributed by atoms with van der Waals surface area (Å²) in [4.78, 5) is 12.9. The van der Waals surface area contributed by atoms with Crippen LogP contribution in [0.15, 0.2) is 30.3 Å². The number of ether oxygens (including phenoxy) is 1. The molecule has 0 aromatic heterocycles. The highest BCUT2D eigenvalue weighted by atomic mass is 16.5. The standard InChI is InChI=1S/C14H20N2O2/c1-16(2)14(12-6-4-3-5-7-12)8-11(9-14)10-18-13(15)17/h3-7,11H,8-10H2,1-2H3,(H2,15,17). The summed E-state index contributed by atoms with van der Waals surface area (Å²) in [5.41, 5.74) is 6.39. The van der Waals surface area contributed by atoms with Crippen LogP contribution in [0, 0.1) is 5.92 Å². The average Bonchev–Trinajstić information content (AvgIpc) is 2.28. The van der Waals surface area contributed by atoms with Gasteiger partial charge in [0.2, 0.25) is 0 Å². The van der Waals surface area contributed by atoms with Gasteiger partial charge < -0.3 is 10.5 Å². The van der Waals surface area contributed by atoms with Crippen molar-refractivity contribution in [3.63, 3.8) is 0 Å². The normalized spacial score (nSPS) is 26.7. The summed E-state index contributed by atoms with van der Waals surface area (Å²) in [6, 6.07) is 10.5. The molecule has 2 N–H and O–H groups in total. The maximum Gasteiger partial charge on any atom is 0.404 e. The van der Waals surface area contributed by atoms with Crippen LogP contribution in [0.1, 0.15) is 18.4 Å². The van der Waals surface area contributed by atoms with Gasteiger partial charge in [0.15, 0.2) is 0 Å². The van der Waals surface area contributed by atoms with Gasteiger partial charge >= 0.3 is 6.09 Å². The van der Waals surface area contributed by atoms with Gasteiger partial charge in [-0.05, 0) is 38.4 Å². The van der Waals surface area contributed by atoms with Crippen molar-refractivity contribution in [3.8, 4) is 0 Å². The molecule has 1 amide bonds. The van der Waals surface area contributed by atoms with E-state index in [1.165, 1.54) is 5.56 Å². The molecule has 0 unspecified atom stereocenters. The first-order valence-corrected chi connectivity index (χ1v) is 6.20. The molecule has 1 aliphatic rings. The SMILES string of the molecule is CN(C)C1(c2ccccc2)CC(COC(N)=O)C1. The number of hydrogen-bond donors (Lipinski definition) is 1. The zero-order valence-electron chi connectivity index (χ0n) is 10.9. The first-order valence-electron chi connectivity index (χ1n) is 6.20. The summed E-state index contributed by atoms with van der Waals surface area (Å²) in [5, 5.41) is 0. The average molecular weight is 248 g/mol. The van der Waals surface area contributed by atoms with Crippen LogP contribution in [-0.4, -0.2) is 31.7 Å². The van der Waals surface area contributed by atoms with E-state index >= 15 is 0 Å². The largest absolute Gasteiger partial charge is 0.449 e. The molecule has 98 valence electrons. The van der Waals surface area contributed by atoms with Crippen molar-refractivity contribution in [1.82, 2.24) is 4.90 Å². The van der Waals surface area contributed by atoms with Crippen LogP contribution >= 0.6 is 0 Å². The summed E-state index contributed by atoms with van der Waals surface area (Å²) < 4.78 is 4.88. The number of hydrogen-bond acceptors (Lipinski definition) is 3. The Kier molecular flexibility index (Phi) is 3.57. The molecule has 0 saturated heterocycles. The zero-order valence-corrected chi connectivity index (χ0v) is 10.9. The molecule has 4 heteroatoms. The second-order valence-electron chi connectivity index (χ2n) is 5.20. The smallest absolute Gasteiger partial charge is 0.404 e. The van der Waals surface area contributed by atoms with Crippen molar-refractivity contribution < 1.29 is 9.53 Å². The minimum atomic E-state index is -0.683. The molecule has 1 fully saturated rings. The van der Waals surface area contributed by atoms with Gasteiger partial charge in [-0.1, -0.05) is 30.3 Å². The highest BCUT2D eigenvalue weighted by molar-refractivity contribution is 5.64. The third-order valence-electron chi connectivity index (χ3n) is 3.88. The van der Waals surface area contributed by atoms with E-state index in [1.54, 1.807) is 0 Å². The van der Waals surface area contributed by atoms with Gasteiger partial charge in [0.1, 0.15) is 0 Å². The molecule has 2 rings (SSSR count). The maximum atomic E-state index is 10.6.